The molecular weight excluding hydrogens is 506 g/mol. The van der Waals surface area contributed by atoms with Gasteiger partial charge in [0.15, 0.2) is 0 Å². The number of anilines is 3. The standard InChI is InChI=1S/C23H34ClN7O4S/c1-28(2)21-7-6-19(14-26-21)29(3)36(33,34)30-10-8-18(9-11-30)31-23(32)22(24)20(15-27-31)25-13-17-5-4-12-35-16-17/h6-7,14-15,17-18,25H,4-5,8-13,16H2,1-3H3/t17-/m0/s1. The van der Waals surface area contributed by atoms with Crippen molar-refractivity contribution in [3.63, 3.8) is 0 Å². The molecule has 0 spiro atoms. The molecule has 0 aliphatic carbocycles. The van der Waals surface area contributed by atoms with Crippen molar-refractivity contribution in [2.45, 2.75) is 31.7 Å². The van der Waals surface area contributed by atoms with Crippen molar-refractivity contribution in [2.75, 3.05) is 68.5 Å². The smallest absolute Gasteiger partial charge is 0.303 e. The first-order chi connectivity index (χ1) is 17.2. The van der Waals surface area contributed by atoms with Gasteiger partial charge in [-0.3, -0.25) is 9.10 Å². The summed E-state index contributed by atoms with van der Waals surface area (Å²) in [5.41, 5.74) is 0.626. The summed E-state index contributed by atoms with van der Waals surface area (Å²) in [5, 5.41) is 7.69. The van der Waals surface area contributed by atoms with Crippen LogP contribution in [-0.2, 0) is 14.9 Å². The van der Waals surface area contributed by atoms with Crippen molar-refractivity contribution >= 4 is 39.0 Å². The summed E-state index contributed by atoms with van der Waals surface area (Å²) in [4.78, 5) is 19.1. The molecule has 0 amide bonds. The van der Waals surface area contributed by atoms with Crippen LogP contribution in [0.3, 0.4) is 0 Å². The van der Waals surface area contributed by atoms with Gasteiger partial charge in [0.05, 0.1) is 36.4 Å². The fourth-order valence-corrected chi connectivity index (χ4v) is 6.10. The molecule has 13 heteroatoms. The Labute approximate surface area is 217 Å². The van der Waals surface area contributed by atoms with Gasteiger partial charge in [0.1, 0.15) is 10.8 Å². The van der Waals surface area contributed by atoms with Crippen LogP contribution >= 0.6 is 11.6 Å². The van der Waals surface area contributed by atoms with Crippen LogP contribution in [-0.4, -0.2) is 81.5 Å². The molecular formula is C23H34ClN7O4S. The van der Waals surface area contributed by atoms with E-state index in [9.17, 15) is 13.2 Å². The molecule has 0 radical (unpaired) electrons. The lowest BCUT2D eigenvalue weighted by molar-refractivity contribution is 0.0595. The molecule has 2 aromatic heterocycles. The topological polar surface area (TPSA) is 113 Å². The minimum absolute atomic E-state index is 0.102. The lowest BCUT2D eigenvalue weighted by Gasteiger charge is -2.34. The Hall–Kier alpha value is -2.41. The molecule has 198 valence electrons. The zero-order valence-electron chi connectivity index (χ0n) is 20.9. The van der Waals surface area contributed by atoms with Crippen LogP contribution in [0.15, 0.2) is 29.3 Å². The normalized spacial score (nSPS) is 19.7. The Morgan fingerprint density at radius 2 is 1.92 bits per heavy atom. The zero-order valence-corrected chi connectivity index (χ0v) is 22.5. The highest BCUT2D eigenvalue weighted by molar-refractivity contribution is 7.90. The first kappa shape index (κ1) is 26.6. The highest BCUT2D eigenvalue weighted by atomic mass is 35.5. The van der Waals surface area contributed by atoms with Gasteiger partial charge in [0, 0.05) is 47.4 Å². The van der Waals surface area contributed by atoms with E-state index in [-0.39, 0.29) is 29.7 Å². The van der Waals surface area contributed by atoms with Gasteiger partial charge in [0.25, 0.3) is 5.56 Å². The molecule has 4 heterocycles. The van der Waals surface area contributed by atoms with Crippen molar-refractivity contribution < 1.29 is 13.2 Å². The maximum Gasteiger partial charge on any atom is 0.303 e. The van der Waals surface area contributed by atoms with Crippen molar-refractivity contribution in [1.29, 1.82) is 0 Å². The number of rotatable bonds is 8. The summed E-state index contributed by atoms with van der Waals surface area (Å²) in [5.74, 6) is 1.12. The van der Waals surface area contributed by atoms with Crippen LogP contribution in [0.25, 0.3) is 0 Å². The summed E-state index contributed by atoms with van der Waals surface area (Å²) in [7, 11) is 1.52. The Balaban J connectivity index is 1.38. The highest BCUT2D eigenvalue weighted by Gasteiger charge is 2.33. The van der Waals surface area contributed by atoms with Crippen LogP contribution in [0.4, 0.5) is 17.2 Å². The van der Waals surface area contributed by atoms with Crippen LogP contribution in [0.1, 0.15) is 31.7 Å². The molecule has 2 saturated heterocycles. The average Bonchev–Trinajstić information content (AvgIpc) is 2.90. The van der Waals surface area contributed by atoms with Crippen molar-refractivity contribution in [1.82, 2.24) is 19.1 Å². The van der Waals surface area contributed by atoms with Crippen LogP contribution < -0.4 is 20.1 Å². The maximum atomic E-state index is 13.2. The third kappa shape index (κ3) is 5.77. The lowest BCUT2D eigenvalue weighted by Crippen LogP contribution is -2.47. The van der Waals surface area contributed by atoms with Gasteiger partial charge in [0.2, 0.25) is 0 Å². The molecule has 1 N–H and O–H groups in total. The van der Waals surface area contributed by atoms with E-state index in [1.54, 1.807) is 24.5 Å². The molecule has 4 rings (SSSR count). The van der Waals surface area contributed by atoms with Crippen LogP contribution in [0.2, 0.25) is 5.02 Å². The lowest BCUT2D eigenvalue weighted by atomic mass is 10.0. The van der Waals surface area contributed by atoms with E-state index >= 15 is 0 Å². The number of pyridine rings is 1. The molecule has 11 nitrogen and oxygen atoms in total. The van der Waals surface area contributed by atoms with E-state index in [1.165, 1.54) is 20.3 Å². The van der Waals surface area contributed by atoms with Crippen molar-refractivity contribution in [3.8, 4) is 0 Å². The summed E-state index contributed by atoms with van der Waals surface area (Å²) in [6, 6.07) is 3.28. The largest absolute Gasteiger partial charge is 0.382 e. The molecule has 0 unspecified atom stereocenters. The maximum absolute atomic E-state index is 13.2. The first-order valence-electron chi connectivity index (χ1n) is 12.1. The Morgan fingerprint density at radius 1 is 1.17 bits per heavy atom. The average molecular weight is 540 g/mol. The molecule has 2 fully saturated rings. The second-order valence-corrected chi connectivity index (χ2v) is 11.8. The minimum atomic E-state index is -3.74. The van der Waals surface area contributed by atoms with Gasteiger partial charge in [-0.2, -0.15) is 17.8 Å². The SMILES string of the molecule is CN(C)c1ccc(N(C)S(=O)(=O)N2CCC(n3ncc(NC[C@@H]4CCCOC4)c(Cl)c3=O)CC2)cn1. The summed E-state index contributed by atoms with van der Waals surface area (Å²) >= 11 is 6.39. The molecule has 0 aromatic carbocycles. The van der Waals surface area contributed by atoms with E-state index in [2.05, 4.69) is 15.4 Å². The van der Waals surface area contributed by atoms with E-state index < -0.39 is 10.2 Å². The van der Waals surface area contributed by atoms with Gasteiger partial charge in [-0.1, -0.05) is 11.6 Å². The van der Waals surface area contributed by atoms with Gasteiger partial charge < -0.3 is 15.0 Å². The molecule has 0 bridgehead atoms. The van der Waals surface area contributed by atoms with E-state index in [0.29, 0.717) is 43.3 Å². The Bertz CT molecular complexity index is 1190. The van der Waals surface area contributed by atoms with Crippen molar-refractivity contribution in [2.24, 2.45) is 5.92 Å². The second-order valence-electron chi connectivity index (χ2n) is 9.46. The third-order valence-electron chi connectivity index (χ3n) is 6.78. The van der Waals surface area contributed by atoms with Gasteiger partial charge in [-0.15, -0.1) is 0 Å². The Kier molecular flexibility index (Phi) is 8.38. The highest BCUT2D eigenvalue weighted by Crippen LogP contribution is 2.27. The molecule has 2 aliphatic heterocycles. The number of nitrogens with one attached hydrogen (secondary N) is 1. The zero-order chi connectivity index (χ0) is 25.9. The van der Waals surface area contributed by atoms with E-state index in [1.807, 2.05) is 19.0 Å². The molecule has 2 aromatic rings. The van der Waals surface area contributed by atoms with Crippen molar-refractivity contribution in [3.05, 3.63) is 39.9 Å². The summed E-state index contributed by atoms with van der Waals surface area (Å²) in [6.07, 6.45) is 6.14. The monoisotopic (exact) mass is 539 g/mol. The van der Waals surface area contributed by atoms with Gasteiger partial charge in [-0.25, -0.2) is 9.67 Å². The number of ether oxygens (including phenoxy) is 1. The first-order valence-corrected chi connectivity index (χ1v) is 13.9. The number of hydrogen-bond donors (Lipinski definition) is 1. The number of piperidine rings is 1. The number of aromatic nitrogens is 3. The molecule has 0 saturated carbocycles. The second kappa shape index (κ2) is 11.3. The molecule has 2 aliphatic rings. The molecule has 1 atom stereocenters. The van der Waals surface area contributed by atoms with Crippen LogP contribution in [0.5, 0.6) is 0 Å². The number of halogens is 1. The third-order valence-corrected chi connectivity index (χ3v) is 9.06. The van der Waals surface area contributed by atoms with E-state index in [0.717, 1.165) is 25.3 Å². The van der Waals surface area contributed by atoms with Gasteiger partial charge >= 0.3 is 10.2 Å². The quantitative estimate of drug-likeness (QED) is 0.543. The van der Waals surface area contributed by atoms with Crippen LogP contribution in [0, 0.1) is 5.92 Å². The minimum Gasteiger partial charge on any atom is -0.382 e. The number of nitrogens with zero attached hydrogens (tertiary/aromatic N) is 6. The summed E-state index contributed by atoms with van der Waals surface area (Å²) in [6.45, 7) is 2.71. The van der Waals surface area contributed by atoms with Gasteiger partial charge in [-0.05, 0) is 43.7 Å². The fourth-order valence-electron chi connectivity index (χ4n) is 4.50. The predicted octanol–water partition coefficient (Wildman–Crippen LogP) is 2.21. The summed E-state index contributed by atoms with van der Waals surface area (Å²) < 4.78 is 36.0. The Morgan fingerprint density at radius 3 is 2.53 bits per heavy atom. The fraction of sp³-hybridized carbons (Fsp3) is 0.609. The van der Waals surface area contributed by atoms with E-state index in [4.69, 9.17) is 16.3 Å². The number of hydrogen-bond acceptors (Lipinski definition) is 8. The predicted molar refractivity (Wildman–Crippen MR) is 141 cm³/mol. The molecule has 36 heavy (non-hydrogen) atoms.